The number of carbonyl (C=O) groups is 1. The Morgan fingerprint density at radius 1 is 1.35 bits per heavy atom. The van der Waals surface area contributed by atoms with E-state index >= 15 is 0 Å². The van der Waals surface area contributed by atoms with Crippen molar-refractivity contribution in [2.45, 2.75) is 19.8 Å². The molecule has 0 aromatic heterocycles. The molecule has 0 saturated carbocycles. The Kier molecular flexibility index (Phi) is 6.10. The minimum Gasteiger partial charge on any atom is -0.493 e. The maximum Gasteiger partial charge on any atom is 0.252 e. The molecule has 4 nitrogen and oxygen atoms in total. The summed E-state index contributed by atoms with van der Waals surface area (Å²) in [5.41, 5.74) is 5.69. The van der Waals surface area contributed by atoms with Crippen molar-refractivity contribution in [1.82, 2.24) is 5.32 Å². The van der Waals surface area contributed by atoms with Gasteiger partial charge in [-0.3, -0.25) is 4.79 Å². The third-order valence-corrected chi connectivity index (χ3v) is 2.33. The van der Waals surface area contributed by atoms with Crippen LogP contribution in [0.5, 0.6) is 5.75 Å². The van der Waals surface area contributed by atoms with Gasteiger partial charge in [-0.25, -0.2) is 0 Å². The molecule has 1 amide bonds. The molecular weight excluding hydrogens is 216 g/mol. The lowest BCUT2D eigenvalue weighted by Gasteiger charge is -2.09. The van der Waals surface area contributed by atoms with E-state index in [1.54, 1.807) is 18.2 Å². The highest BCUT2D eigenvalue weighted by Crippen LogP contribution is 2.17. The highest BCUT2D eigenvalue weighted by molar-refractivity contribution is 5.95. The largest absolute Gasteiger partial charge is 0.493 e. The molecule has 0 bridgehead atoms. The van der Waals surface area contributed by atoms with Crippen LogP contribution in [0.4, 0.5) is 0 Å². The van der Waals surface area contributed by atoms with Gasteiger partial charge in [-0.15, -0.1) is 0 Å². The quantitative estimate of drug-likeness (QED) is 0.673. The van der Waals surface area contributed by atoms with Gasteiger partial charge in [0.25, 0.3) is 5.91 Å². The fraction of sp³-hybridized carbons (Fsp3) is 0.462. The van der Waals surface area contributed by atoms with Crippen LogP contribution in [-0.2, 0) is 0 Å². The number of carbonyl (C=O) groups excluding carboxylic acids is 1. The zero-order valence-electron chi connectivity index (χ0n) is 10.2. The van der Waals surface area contributed by atoms with Crippen molar-refractivity contribution >= 4 is 5.91 Å². The topological polar surface area (TPSA) is 64.3 Å². The fourth-order valence-electron chi connectivity index (χ4n) is 1.48. The van der Waals surface area contributed by atoms with E-state index in [-0.39, 0.29) is 0 Å². The van der Waals surface area contributed by atoms with E-state index in [1.807, 2.05) is 6.07 Å². The maximum atomic E-state index is 11.1. The molecule has 0 heterocycles. The second-order valence-corrected chi connectivity index (χ2v) is 3.81. The molecule has 1 aromatic rings. The monoisotopic (exact) mass is 236 g/mol. The normalized spacial score (nSPS) is 10.2. The first-order valence-corrected chi connectivity index (χ1v) is 5.98. The molecule has 1 rings (SSSR count). The first-order valence-electron chi connectivity index (χ1n) is 5.98. The van der Waals surface area contributed by atoms with Gasteiger partial charge in [-0.2, -0.15) is 0 Å². The Labute approximate surface area is 102 Å². The van der Waals surface area contributed by atoms with Gasteiger partial charge in [0.15, 0.2) is 0 Å². The summed E-state index contributed by atoms with van der Waals surface area (Å²) in [5, 5.41) is 3.29. The van der Waals surface area contributed by atoms with Crippen LogP contribution < -0.4 is 15.8 Å². The van der Waals surface area contributed by atoms with Gasteiger partial charge in [0.1, 0.15) is 5.75 Å². The van der Waals surface area contributed by atoms with Gasteiger partial charge in [-0.05, 0) is 38.1 Å². The van der Waals surface area contributed by atoms with Crippen LogP contribution in [0.3, 0.4) is 0 Å². The number of primary amides is 1. The zero-order chi connectivity index (χ0) is 12.5. The lowest BCUT2D eigenvalue weighted by Crippen LogP contribution is -2.18. The fourth-order valence-corrected chi connectivity index (χ4v) is 1.48. The molecule has 0 aliphatic rings. The smallest absolute Gasteiger partial charge is 0.252 e. The molecule has 0 atom stereocenters. The van der Waals surface area contributed by atoms with Crippen LogP contribution in [-0.4, -0.2) is 25.6 Å². The highest BCUT2D eigenvalue weighted by atomic mass is 16.5. The summed E-state index contributed by atoms with van der Waals surface area (Å²) < 4.78 is 5.54. The van der Waals surface area contributed by atoms with E-state index < -0.39 is 5.91 Å². The Hall–Kier alpha value is -1.55. The summed E-state index contributed by atoms with van der Waals surface area (Å²) in [6, 6.07) is 7.04. The minimum absolute atomic E-state index is 0.439. The summed E-state index contributed by atoms with van der Waals surface area (Å²) >= 11 is 0. The van der Waals surface area contributed by atoms with Crippen molar-refractivity contribution in [1.29, 1.82) is 0 Å². The van der Waals surface area contributed by atoms with Crippen LogP contribution in [0, 0.1) is 0 Å². The van der Waals surface area contributed by atoms with Crippen molar-refractivity contribution < 1.29 is 9.53 Å². The summed E-state index contributed by atoms with van der Waals surface area (Å²) in [7, 11) is 0. The average molecular weight is 236 g/mol. The Morgan fingerprint density at radius 3 is 2.82 bits per heavy atom. The van der Waals surface area contributed by atoms with Crippen LogP contribution in [0.25, 0.3) is 0 Å². The molecule has 1 aromatic carbocycles. The molecule has 3 N–H and O–H groups in total. The van der Waals surface area contributed by atoms with E-state index in [0.29, 0.717) is 17.9 Å². The van der Waals surface area contributed by atoms with Crippen LogP contribution >= 0.6 is 0 Å². The molecule has 4 heteroatoms. The summed E-state index contributed by atoms with van der Waals surface area (Å²) in [6.45, 7) is 4.66. The van der Waals surface area contributed by atoms with E-state index in [0.717, 1.165) is 25.9 Å². The lowest BCUT2D eigenvalue weighted by atomic mass is 10.2. The molecule has 0 aliphatic carbocycles. The number of para-hydroxylation sites is 1. The van der Waals surface area contributed by atoms with Gasteiger partial charge in [-0.1, -0.05) is 19.1 Å². The maximum absolute atomic E-state index is 11.1. The van der Waals surface area contributed by atoms with Gasteiger partial charge in [0.05, 0.1) is 12.2 Å². The molecule has 0 spiro atoms. The third kappa shape index (κ3) is 4.87. The third-order valence-electron chi connectivity index (χ3n) is 2.33. The number of ether oxygens (including phenoxy) is 1. The van der Waals surface area contributed by atoms with E-state index in [1.165, 1.54) is 0 Å². The van der Waals surface area contributed by atoms with Crippen molar-refractivity contribution in [3.8, 4) is 5.75 Å². The molecule has 0 aliphatic heterocycles. The molecule has 17 heavy (non-hydrogen) atoms. The van der Waals surface area contributed by atoms with Crippen molar-refractivity contribution in [3.05, 3.63) is 29.8 Å². The predicted octanol–water partition coefficient (Wildman–Crippen LogP) is 1.55. The summed E-state index contributed by atoms with van der Waals surface area (Å²) in [6.07, 6.45) is 2.04. The lowest BCUT2D eigenvalue weighted by molar-refractivity contribution is 0.0996. The van der Waals surface area contributed by atoms with Gasteiger partial charge in [0.2, 0.25) is 0 Å². The number of rotatable bonds is 8. The summed E-state index contributed by atoms with van der Waals surface area (Å²) in [4.78, 5) is 11.1. The second kappa shape index (κ2) is 7.68. The summed E-state index contributed by atoms with van der Waals surface area (Å²) in [5.74, 6) is 0.111. The molecule has 94 valence electrons. The number of hydrogen-bond acceptors (Lipinski definition) is 3. The molecule has 0 unspecified atom stereocenters. The predicted molar refractivity (Wildman–Crippen MR) is 68.2 cm³/mol. The molecular formula is C13H20N2O2. The Balaban J connectivity index is 2.34. The Bertz CT molecular complexity index is 353. The standard InChI is InChI=1S/C13H20N2O2/c1-2-8-15-9-5-10-17-12-7-4-3-6-11(12)13(14)16/h3-4,6-7,15H,2,5,8-10H2,1H3,(H2,14,16). The first-order chi connectivity index (χ1) is 8.25. The SMILES string of the molecule is CCCNCCCOc1ccccc1C(N)=O. The molecule has 0 fully saturated rings. The Morgan fingerprint density at radius 2 is 2.12 bits per heavy atom. The van der Waals surface area contributed by atoms with Crippen molar-refractivity contribution in [2.75, 3.05) is 19.7 Å². The van der Waals surface area contributed by atoms with Gasteiger partial charge >= 0.3 is 0 Å². The van der Waals surface area contributed by atoms with Crippen LogP contribution in [0.1, 0.15) is 30.1 Å². The minimum atomic E-state index is -0.454. The van der Waals surface area contributed by atoms with Crippen LogP contribution in [0.15, 0.2) is 24.3 Å². The van der Waals surface area contributed by atoms with E-state index in [2.05, 4.69) is 12.2 Å². The van der Waals surface area contributed by atoms with Crippen molar-refractivity contribution in [2.24, 2.45) is 5.73 Å². The van der Waals surface area contributed by atoms with Crippen LogP contribution in [0.2, 0.25) is 0 Å². The molecule has 0 saturated heterocycles. The first kappa shape index (κ1) is 13.5. The van der Waals surface area contributed by atoms with Crippen molar-refractivity contribution in [3.63, 3.8) is 0 Å². The second-order valence-electron chi connectivity index (χ2n) is 3.81. The van der Waals surface area contributed by atoms with E-state index in [4.69, 9.17) is 10.5 Å². The number of benzene rings is 1. The average Bonchev–Trinajstić information content (AvgIpc) is 2.34. The number of nitrogens with two attached hydrogens (primary N) is 1. The van der Waals surface area contributed by atoms with Gasteiger partial charge < -0.3 is 15.8 Å². The zero-order valence-corrected chi connectivity index (χ0v) is 10.2. The number of nitrogens with one attached hydrogen (secondary N) is 1. The number of amides is 1. The van der Waals surface area contributed by atoms with Gasteiger partial charge in [0, 0.05) is 0 Å². The van der Waals surface area contributed by atoms with E-state index in [9.17, 15) is 4.79 Å². The highest BCUT2D eigenvalue weighted by Gasteiger charge is 2.07. The molecule has 0 radical (unpaired) electrons. The number of hydrogen-bond donors (Lipinski definition) is 2.